The first-order valence-corrected chi connectivity index (χ1v) is 5.96. The zero-order valence-electron chi connectivity index (χ0n) is 11.3. The number of ether oxygens (including phenoxy) is 1. The molecule has 102 valence electrons. The van der Waals surface area contributed by atoms with Gasteiger partial charge >= 0.3 is 5.97 Å². The molecule has 1 aromatic rings. The molecule has 0 aliphatic carbocycles. The van der Waals surface area contributed by atoms with Crippen molar-refractivity contribution < 1.29 is 19.1 Å². The first-order chi connectivity index (χ1) is 8.99. The summed E-state index contributed by atoms with van der Waals surface area (Å²) in [4.78, 5) is 35.6. The minimum absolute atomic E-state index is 0.154. The van der Waals surface area contributed by atoms with Crippen LogP contribution >= 0.6 is 0 Å². The van der Waals surface area contributed by atoms with E-state index in [1.807, 2.05) is 0 Å². The van der Waals surface area contributed by atoms with Crippen molar-refractivity contribution in [2.75, 3.05) is 20.7 Å². The first kappa shape index (κ1) is 14.9. The van der Waals surface area contributed by atoms with Crippen molar-refractivity contribution in [3.8, 4) is 0 Å². The molecular weight excluding hydrogens is 246 g/mol. The van der Waals surface area contributed by atoms with Crippen molar-refractivity contribution in [3.63, 3.8) is 0 Å². The number of carbonyl (C=O) groups is 3. The molecule has 0 saturated heterocycles. The van der Waals surface area contributed by atoms with E-state index in [1.165, 1.54) is 11.0 Å². The van der Waals surface area contributed by atoms with E-state index in [4.69, 9.17) is 4.74 Å². The number of amides is 1. The van der Waals surface area contributed by atoms with Crippen LogP contribution in [0.3, 0.4) is 0 Å². The smallest absolute Gasteiger partial charge is 0.338 e. The van der Waals surface area contributed by atoms with Gasteiger partial charge in [-0.25, -0.2) is 4.79 Å². The fourth-order valence-corrected chi connectivity index (χ4v) is 1.62. The van der Waals surface area contributed by atoms with E-state index in [0.717, 1.165) is 6.29 Å². The van der Waals surface area contributed by atoms with Crippen LogP contribution in [0.15, 0.2) is 18.2 Å². The molecular formula is C14H17NO4. The molecule has 1 rings (SSSR count). The van der Waals surface area contributed by atoms with Crippen LogP contribution in [0.1, 0.15) is 33.2 Å². The largest absolute Gasteiger partial charge is 0.462 e. The summed E-state index contributed by atoms with van der Waals surface area (Å²) in [6, 6.07) is 4.66. The van der Waals surface area contributed by atoms with E-state index in [9.17, 15) is 14.4 Å². The van der Waals surface area contributed by atoms with Gasteiger partial charge in [-0.1, -0.05) is 0 Å². The van der Waals surface area contributed by atoms with E-state index in [1.54, 1.807) is 33.2 Å². The molecule has 0 spiro atoms. The Hall–Kier alpha value is -2.17. The lowest BCUT2D eigenvalue weighted by molar-refractivity contribution is -0.107. The van der Waals surface area contributed by atoms with Gasteiger partial charge in [-0.05, 0) is 30.7 Å². The van der Waals surface area contributed by atoms with Crippen LogP contribution in [-0.2, 0) is 16.0 Å². The normalized spacial score (nSPS) is 9.84. The van der Waals surface area contributed by atoms with E-state index in [2.05, 4.69) is 0 Å². The molecule has 0 aromatic heterocycles. The zero-order chi connectivity index (χ0) is 14.4. The number of nitrogens with zero attached hydrogens (tertiary/aromatic N) is 1. The molecule has 0 heterocycles. The number of hydrogen-bond donors (Lipinski definition) is 0. The van der Waals surface area contributed by atoms with Gasteiger partial charge in [-0.15, -0.1) is 0 Å². The Balaban J connectivity index is 3.21. The molecule has 0 bridgehead atoms. The Bertz CT molecular complexity index is 494. The Kier molecular flexibility index (Phi) is 5.23. The molecule has 0 aliphatic heterocycles. The monoisotopic (exact) mass is 263 g/mol. The summed E-state index contributed by atoms with van der Waals surface area (Å²) in [6.45, 7) is 1.97. The Morgan fingerprint density at radius 3 is 2.37 bits per heavy atom. The van der Waals surface area contributed by atoms with Gasteiger partial charge in [0.25, 0.3) is 5.91 Å². The standard InChI is InChI=1S/C14H17NO4/c1-4-19-14(18)12-8-10(5-6-16)7-11(9-12)13(17)15(2)3/h6-9H,4-5H2,1-3H3. The summed E-state index contributed by atoms with van der Waals surface area (Å²) >= 11 is 0. The van der Waals surface area contributed by atoms with E-state index >= 15 is 0 Å². The van der Waals surface area contributed by atoms with Gasteiger partial charge in [-0.2, -0.15) is 0 Å². The number of benzene rings is 1. The molecule has 19 heavy (non-hydrogen) atoms. The lowest BCUT2D eigenvalue weighted by atomic mass is 10.0. The van der Waals surface area contributed by atoms with Gasteiger partial charge in [0, 0.05) is 26.1 Å². The maximum Gasteiger partial charge on any atom is 0.338 e. The first-order valence-electron chi connectivity index (χ1n) is 5.96. The topological polar surface area (TPSA) is 63.7 Å². The Morgan fingerprint density at radius 1 is 1.21 bits per heavy atom. The number of esters is 1. The second-order valence-corrected chi connectivity index (χ2v) is 4.21. The molecule has 0 aliphatic rings. The minimum atomic E-state index is -0.497. The fourth-order valence-electron chi connectivity index (χ4n) is 1.62. The van der Waals surface area contributed by atoms with Crippen molar-refractivity contribution >= 4 is 18.2 Å². The second kappa shape index (κ2) is 6.68. The molecule has 0 radical (unpaired) electrons. The van der Waals surface area contributed by atoms with Crippen LogP contribution < -0.4 is 0 Å². The highest BCUT2D eigenvalue weighted by Gasteiger charge is 2.14. The maximum atomic E-state index is 11.9. The summed E-state index contributed by atoms with van der Waals surface area (Å²) in [5, 5.41) is 0. The molecule has 0 saturated carbocycles. The maximum absolute atomic E-state index is 11.9. The molecule has 5 heteroatoms. The molecule has 0 N–H and O–H groups in total. The molecule has 5 nitrogen and oxygen atoms in total. The average Bonchev–Trinajstić information content (AvgIpc) is 2.38. The SMILES string of the molecule is CCOC(=O)c1cc(CC=O)cc(C(=O)N(C)C)c1. The predicted octanol–water partition coefficient (Wildman–Crippen LogP) is 1.31. The van der Waals surface area contributed by atoms with Crippen LogP contribution in [0, 0.1) is 0 Å². The van der Waals surface area contributed by atoms with Gasteiger partial charge in [0.05, 0.1) is 12.2 Å². The van der Waals surface area contributed by atoms with Gasteiger partial charge < -0.3 is 14.4 Å². The number of hydrogen-bond acceptors (Lipinski definition) is 4. The van der Waals surface area contributed by atoms with Crippen LogP contribution in [0.4, 0.5) is 0 Å². The molecule has 1 aromatic carbocycles. The number of carbonyl (C=O) groups excluding carboxylic acids is 3. The van der Waals surface area contributed by atoms with Gasteiger partial charge in [0.15, 0.2) is 0 Å². The average molecular weight is 263 g/mol. The summed E-state index contributed by atoms with van der Waals surface area (Å²) in [5.41, 5.74) is 1.27. The van der Waals surface area contributed by atoms with Gasteiger partial charge in [-0.3, -0.25) is 4.79 Å². The van der Waals surface area contributed by atoms with Crippen LogP contribution in [0.25, 0.3) is 0 Å². The van der Waals surface area contributed by atoms with Crippen LogP contribution in [0.5, 0.6) is 0 Å². The van der Waals surface area contributed by atoms with Crippen molar-refractivity contribution in [2.45, 2.75) is 13.3 Å². The van der Waals surface area contributed by atoms with E-state index in [0.29, 0.717) is 11.1 Å². The molecule has 0 fully saturated rings. The highest BCUT2D eigenvalue weighted by atomic mass is 16.5. The number of aldehydes is 1. The van der Waals surface area contributed by atoms with Gasteiger partial charge in [0.2, 0.25) is 0 Å². The van der Waals surface area contributed by atoms with Crippen molar-refractivity contribution in [1.29, 1.82) is 0 Å². The third-order valence-electron chi connectivity index (χ3n) is 2.48. The summed E-state index contributed by atoms with van der Waals surface area (Å²) in [7, 11) is 3.25. The lowest BCUT2D eigenvalue weighted by Gasteiger charge is -2.12. The zero-order valence-corrected chi connectivity index (χ0v) is 11.3. The van der Waals surface area contributed by atoms with Crippen LogP contribution in [-0.4, -0.2) is 43.8 Å². The third kappa shape index (κ3) is 3.91. The summed E-state index contributed by atoms with van der Waals surface area (Å²) in [6.07, 6.45) is 0.884. The second-order valence-electron chi connectivity index (χ2n) is 4.21. The van der Waals surface area contributed by atoms with Crippen molar-refractivity contribution in [3.05, 3.63) is 34.9 Å². The minimum Gasteiger partial charge on any atom is -0.462 e. The molecule has 1 amide bonds. The van der Waals surface area contributed by atoms with Crippen molar-refractivity contribution in [1.82, 2.24) is 4.90 Å². The number of rotatable bonds is 5. The van der Waals surface area contributed by atoms with E-state index < -0.39 is 5.97 Å². The van der Waals surface area contributed by atoms with Crippen LogP contribution in [0.2, 0.25) is 0 Å². The quantitative estimate of drug-likeness (QED) is 0.593. The predicted molar refractivity (Wildman–Crippen MR) is 70.2 cm³/mol. The Morgan fingerprint density at radius 2 is 1.84 bits per heavy atom. The summed E-state index contributed by atoms with van der Waals surface area (Å²) in [5.74, 6) is -0.721. The fraction of sp³-hybridized carbons (Fsp3) is 0.357. The summed E-state index contributed by atoms with van der Waals surface area (Å²) < 4.78 is 4.90. The van der Waals surface area contributed by atoms with E-state index in [-0.39, 0.29) is 24.5 Å². The van der Waals surface area contributed by atoms with Gasteiger partial charge in [0.1, 0.15) is 6.29 Å². The van der Waals surface area contributed by atoms with Crippen molar-refractivity contribution in [2.24, 2.45) is 0 Å². The highest BCUT2D eigenvalue weighted by molar-refractivity contribution is 5.98. The molecule has 0 atom stereocenters. The third-order valence-corrected chi connectivity index (χ3v) is 2.48. The highest BCUT2D eigenvalue weighted by Crippen LogP contribution is 2.13. The Labute approximate surface area is 112 Å². The molecule has 0 unspecified atom stereocenters. The lowest BCUT2D eigenvalue weighted by Crippen LogP contribution is -2.22.